The third-order valence-electron chi connectivity index (χ3n) is 3.70. The summed E-state index contributed by atoms with van der Waals surface area (Å²) in [4.78, 5) is 0.0591. The highest BCUT2D eigenvalue weighted by atomic mass is 35.5. The van der Waals surface area contributed by atoms with Gasteiger partial charge in [0, 0.05) is 5.02 Å². The molecule has 0 radical (unpaired) electrons. The van der Waals surface area contributed by atoms with Gasteiger partial charge in [-0.2, -0.15) is 8.42 Å². The Morgan fingerprint density at radius 1 is 0.885 bits per heavy atom. The molecule has 134 valence electrons. The van der Waals surface area contributed by atoms with E-state index in [4.69, 9.17) is 20.5 Å². The molecule has 0 saturated carbocycles. The molecule has 0 aliphatic rings. The standard InChI is InChI=1S/C20H17ClO4S/c1-15-13-19(11-12-20(15)21)26(22,23)25-18-9-7-17(8-10-18)24-14-16-5-3-2-4-6-16/h2-13H,14H2,1H3. The van der Waals surface area contributed by atoms with Gasteiger partial charge in [-0.25, -0.2) is 0 Å². The Morgan fingerprint density at radius 3 is 2.19 bits per heavy atom. The van der Waals surface area contributed by atoms with Gasteiger partial charge in [0.1, 0.15) is 23.0 Å². The molecule has 0 atom stereocenters. The summed E-state index contributed by atoms with van der Waals surface area (Å²) in [6.45, 7) is 2.17. The lowest BCUT2D eigenvalue weighted by molar-refractivity contribution is 0.306. The summed E-state index contributed by atoms with van der Waals surface area (Å²) < 4.78 is 35.6. The van der Waals surface area contributed by atoms with Crippen molar-refractivity contribution in [2.45, 2.75) is 18.4 Å². The number of aryl methyl sites for hydroxylation is 1. The van der Waals surface area contributed by atoms with Crippen molar-refractivity contribution in [2.24, 2.45) is 0 Å². The molecule has 0 amide bonds. The van der Waals surface area contributed by atoms with Crippen molar-refractivity contribution in [3.05, 3.63) is 88.9 Å². The fourth-order valence-corrected chi connectivity index (χ4v) is 3.41. The molecule has 26 heavy (non-hydrogen) atoms. The largest absolute Gasteiger partial charge is 0.489 e. The monoisotopic (exact) mass is 388 g/mol. The van der Waals surface area contributed by atoms with Gasteiger partial charge in [0.15, 0.2) is 0 Å². The van der Waals surface area contributed by atoms with Crippen LogP contribution >= 0.6 is 11.6 Å². The van der Waals surface area contributed by atoms with E-state index < -0.39 is 10.1 Å². The van der Waals surface area contributed by atoms with Crippen LogP contribution in [0, 0.1) is 6.92 Å². The maximum Gasteiger partial charge on any atom is 0.339 e. The van der Waals surface area contributed by atoms with Gasteiger partial charge in [0.25, 0.3) is 0 Å². The summed E-state index contributed by atoms with van der Waals surface area (Å²) >= 11 is 5.93. The van der Waals surface area contributed by atoms with Crippen molar-refractivity contribution in [1.29, 1.82) is 0 Å². The van der Waals surface area contributed by atoms with Crippen LogP contribution < -0.4 is 8.92 Å². The minimum Gasteiger partial charge on any atom is -0.489 e. The zero-order valence-electron chi connectivity index (χ0n) is 14.1. The zero-order chi connectivity index (χ0) is 18.6. The molecular formula is C20H17ClO4S. The van der Waals surface area contributed by atoms with Crippen molar-refractivity contribution in [1.82, 2.24) is 0 Å². The maximum absolute atomic E-state index is 12.4. The Balaban J connectivity index is 1.67. The number of benzene rings is 3. The predicted molar refractivity (Wildman–Crippen MR) is 101 cm³/mol. The average Bonchev–Trinajstić information content (AvgIpc) is 2.64. The fraction of sp³-hybridized carbons (Fsp3) is 0.100. The van der Waals surface area contributed by atoms with Gasteiger partial charge in [0.2, 0.25) is 0 Å². The molecule has 6 heteroatoms. The van der Waals surface area contributed by atoms with E-state index in [-0.39, 0.29) is 10.6 Å². The molecule has 0 heterocycles. The minimum absolute atomic E-state index is 0.0591. The summed E-state index contributed by atoms with van der Waals surface area (Å²) in [6, 6.07) is 20.7. The highest BCUT2D eigenvalue weighted by Gasteiger charge is 2.17. The average molecular weight is 389 g/mol. The number of hydrogen-bond acceptors (Lipinski definition) is 4. The molecule has 0 saturated heterocycles. The Morgan fingerprint density at radius 2 is 1.54 bits per heavy atom. The molecule has 0 spiro atoms. The van der Waals surface area contributed by atoms with Gasteiger partial charge in [-0.3, -0.25) is 0 Å². The third kappa shape index (κ3) is 4.56. The smallest absolute Gasteiger partial charge is 0.339 e. The SMILES string of the molecule is Cc1cc(S(=O)(=O)Oc2ccc(OCc3ccccc3)cc2)ccc1Cl. The van der Waals surface area contributed by atoms with Crippen LogP contribution in [-0.4, -0.2) is 8.42 Å². The number of ether oxygens (including phenoxy) is 1. The molecule has 3 rings (SSSR count). The maximum atomic E-state index is 12.4. The second-order valence-electron chi connectivity index (χ2n) is 5.69. The first kappa shape index (κ1) is 18.3. The molecule has 3 aromatic rings. The van der Waals surface area contributed by atoms with E-state index in [2.05, 4.69) is 0 Å². The number of halogens is 1. The normalized spacial score (nSPS) is 11.2. The molecule has 0 aromatic heterocycles. The van der Waals surface area contributed by atoms with Crippen molar-refractivity contribution < 1.29 is 17.3 Å². The number of hydrogen-bond donors (Lipinski definition) is 0. The molecule has 0 aliphatic heterocycles. The van der Waals surface area contributed by atoms with E-state index in [1.54, 1.807) is 31.2 Å². The van der Waals surface area contributed by atoms with Gasteiger partial charge in [-0.05, 0) is 60.5 Å². The van der Waals surface area contributed by atoms with Gasteiger partial charge in [0.05, 0.1) is 0 Å². The van der Waals surface area contributed by atoms with Crippen molar-refractivity contribution in [3.8, 4) is 11.5 Å². The van der Waals surface area contributed by atoms with E-state index >= 15 is 0 Å². The van der Waals surface area contributed by atoms with E-state index in [1.165, 1.54) is 18.2 Å². The van der Waals surface area contributed by atoms with Crippen LogP contribution in [0.1, 0.15) is 11.1 Å². The van der Waals surface area contributed by atoms with Gasteiger partial charge in [-0.1, -0.05) is 41.9 Å². The molecule has 0 fully saturated rings. The third-order valence-corrected chi connectivity index (χ3v) is 5.36. The first-order chi connectivity index (χ1) is 12.4. The summed E-state index contributed by atoms with van der Waals surface area (Å²) in [5, 5.41) is 0.504. The van der Waals surface area contributed by atoms with E-state index in [1.807, 2.05) is 30.3 Å². The van der Waals surface area contributed by atoms with E-state index in [0.29, 0.717) is 22.9 Å². The predicted octanol–water partition coefficient (Wildman–Crippen LogP) is 5.00. The second-order valence-corrected chi connectivity index (χ2v) is 7.65. The quantitative estimate of drug-likeness (QED) is 0.558. The lowest BCUT2D eigenvalue weighted by Crippen LogP contribution is -2.10. The van der Waals surface area contributed by atoms with Crippen LogP contribution in [0.3, 0.4) is 0 Å². The van der Waals surface area contributed by atoms with Crippen LogP contribution in [-0.2, 0) is 16.7 Å². The summed E-state index contributed by atoms with van der Waals surface area (Å²) in [5.74, 6) is 0.839. The van der Waals surface area contributed by atoms with Crippen molar-refractivity contribution in [2.75, 3.05) is 0 Å². The van der Waals surface area contributed by atoms with Crippen LogP contribution in [0.5, 0.6) is 11.5 Å². The van der Waals surface area contributed by atoms with Gasteiger partial charge in [-0.15, -0.1) is 0 Å². The van der Waals surface area contributed by atoms with Crippen LogP contribution in [0.2, 0.25) is 5.02 Å². The van der Waals surface area contributed by atoms with Gasteiger partial charge >= 0.3 is 10.1 Å². The summed E-state index contributed by atoms with van der Waals surface area (Å²) in [6.07, 6.45) is 0. The van der Waals surface area contributed by atoms with Crippen LogP contribution in [0.15, 0.2) is 77.7 Å². The zero-order valence-corrected chi connectivity index (χ0v) is 15.6. The Kier molecular flexibility index (Phi) is 5.49. The lowest BCUT2D eigenvalue weighted by atomic mass is 10.2. The topological polar surface area (TPSA) is 52.6 Å². The lowest BCUT2D eigenvalue weighted by Gasteiger charge is -2.10. The minimum atomic E-state index is -3.92. The summed E-state index contributed by atoms with van der Waals surface area (Å²) in [7, 11) is -3.92. The molecular weight excluding hydrogens is 372 g/mol. The Hall–Kier alpha value is -2.50. The molecule has 0 aliphatic carbocycles. The summed E-state index contributed by atoms with van der Waals surface area (Å²) in [5.41, 5.74) is 1.72. The van der Waals surface area contributed by atoms with Crippen LogP contribution in [0.4, 0.5) is 0 Å². The Bertz CT molecular complexity index is 984. The molecule has 0 unspecified atom stereocenters. The molecule has 3 aromatic carbocycles. The van der Waals surface area contributed by atoms with E-state index in [9.17, 15) is 8.42 Å². The highest BCUT2D eigenvalue weighted by molar-refractivity contribution is 7.87. The first-order valence-electron chi connectivity index (χ1n) is 7.91. The molecule has 0 N–H and O–H groups in total. The highest BCUT2D eigenvalue weighted by Crippen LogP contribution is 2.24. The first-order valence-corrected chi connectivity index (χ1v) is 9.70. The van der Waals surface area contributed by atoms with Crippen molar-refractivity contribution >= 4 is 21.7 Å². The van der Waals surface area contributed by atoms with Crippen LogP contribution in [0.25, 0.3) is 0 Å². The van der Waals surface area contributed by atoms with Crippen molar-refractivity contribution in [3.63, 3.8) is 0 Å². The fourth-order valence-electron chi connectivity index (χ4n) is 2.28. The Labute approximate surface area is 158 Å². The molecule has 0 bridgehead atoms. The van der Waals surface area contributed by atoms with E-state index in [0.717, 1.165) is 5.56 Å². The molecule has 4 nitrogen and oxygen atoms in total. The number of rotatable bonds is 6. The second kappa shape index (κ2) is 7.81. The van der Waals surface area contributed by atoms with Gasteiger partial charge < -0.3 is 8.92 Å².